The van der Waals surface area contributed by atoms with Gasteiger partial charge in [-0.1, -0.05) is 47.5 Å². The summed E-state index contributed by atoms with van der Waals surface area (Å²) < 4.78 is 61.3. The number of ether oxygens (including phenoxy) is 2. The molecule has 2 N–H and O–H groups in total. The molecule has 4 aromatic rings. The van der Waals surface area contributed by atoms with Gasteiger partial charge < -0.3 is 33.9 Å². The van der Waals surface area contributed by atoms with Crippen LogP contribution in [-0.4, -0.2) is 37.0 Å². The number of carbonyl (C=O) groups excluding carboxylic acids is 4. The number of halogens is 4. The second kappa shape index (κ2) is 20.2. The van der Waals surface area contributed by atoms with Crippen LogP contribution in [0.1, 0.15) is 20.7 Å². The molecule has 0 fully saturated rings. The van der Waals surface area contributed by atoms with E-state index in [4.69, 9.17) is 0 Å². The van der Waals surface area contributed by atoms with E-state index < -0.39 is 60.2 Å². The maximum absolute atomic E-state index is 13.3. The second-order valence-corrected chi connectivity index (χ2v) is 8.05. The number of anilines is 2. The van der Waals surface area contributed by atoms with Crippen LogP contribution in [0.25, 0.3) is 0 Å². The van der Waals surface area contributed by atoms with Gasteiger partial charge in [-0.05, 0) is 24.3 Å². The molecule has 13 heteroatoms. The Labute approximate surface area is 272 Å². The summed E-state index contributed by atoms with van der Waals surface area (Å²) in [4.78, 5) is 46.2. The van der Waals surface area contributed by atoms with Gasteiger partial charge in [0, 0.05) is 34.6 Å². The predicted octanol–water partition coefficient (Wildman–Crippen LogP) is 7.29. The Morgan fingerprint density at radius 1 is 0.556 bits per heavy atom. The molecule has 8 nitrogen and oxygen atoms in total. The number of rotatable bonds is 8. The minimum Gasteiger partial charge on any atom is -0.442 e. The molecule has 0 aromatic heterocycles. The van der Waals surface area contributed by atoms with E-state index in [-0.39, 0.29) is 47.7 Å². The molecule has 0 radical (unpaired) electrons. The van der Waals surface area contributed by atoms with E-state index in [0.717, 1.165) is 24.3 Å². The van der Waals surface area contributed by atoms with Gasteiger partial charge in [0.05, 0.1) is 0 Å². The Bertz CT molecular complexity index is 1440. The molecule has 0 spiro atoms. The first-order valence-corrected chi connectivity index (χ1v) is 11.9. The van der Waals surface area contributed by atoms with Gasteiger partial charge in [0.2, 0.25) is 0 Å². The first kappa shape index (κ1) is 40.2. The second-order valence-electron chi connectivity index (χ2n) is 8.05. The van der Waals surface area contributed by atoms with E-state index in [2.05, 4.69) is 20.1 Å². The van der Waals surface area contributed by atoms with E-state index in [1.807, 2.05) is 0 Å². The van der Waals surface area contributed by atoms with Crippen molar-refractivity contribution in [2.45, 2.75) is 0 Å². The zero-order valence-corrected chi connectivity index (χ0v) is 25.5. The van der Waals surface area contributed by atoms with Crippen LogP contribution in [0, 0.1) is 50.3 Å². The Morgan fingerprint density at radius 2 is 0.889 bits per heavy atom. The Balaban J connectivity index is 0.000000807. The van der Waals surface area contributed by atoms with Gasteiger partial charge in [-0.25, -0.2) is 27.2 Å². The SMILES string of the molecule is O=C(Nc1ccccc1)OCC(=O)c1ccc(F)[c-]c1F.O=C(Nc1ccccc1)OCC(=O)c1ccc(F)[c-]c1F.[CH3-].[CH3-].[Ti+4]. The Kier molecular flexibility index (Phi) is 18.0. The van der Waals surface area contributed by atoms with Crippen LogP contribution in [0.15, 0.2) is 84.9 Å². The van der Waals surface area contributed by atoms with E-state index in [9.17, 15) is 36.7 Å². The number of hydrogen-bond donors (Lipinski definition) is 2. The van der Waals surface area contributed by atoms with E-state index in [1.165, 1.54) is 0 Å². The molecule has 0 unspecified atom stereocenters. The van der Waals surface area contributed by atoms with Gasteiger partial charge in [-0.15, -0.1) is 24.3 Å². The maximum atomic E-state index is 13.3. The smallest absolute Gasteiger partial charge is 0.442 e. The van der Waals surface area contributed by atoms with Crippen molar-refractivity contribution in [2.24, 2.45) is 0 Å². The fourth-order valence-corrected chi connectivity index (χ4v) is 3.09. The van der Waals surface area contributed by atoms with E-state index in [0.29, 0.717) is 11.4 Å². The van der Waals surface area contributed by atoms with Crippen molar-refractivity contribution < 1.29 is 67.9 Å². The monoisotopic (exact) mass is 658 g/mol. The van der Waals surface area contributed by atoms with Crippen LogP contribution < -0.4 is 10.6 Å². The minimum absolute atomic E-state index is 0. The van der Waals surface area contributed by atoms with Crippen molar-refractivity contribution >= 4 is 35.1 Å². The number of para-hydroxylation sites is 2. The molecule has 0 bridgehead atoms. The van der Waals surface area contributed by atoms with Crippen molar-refractivity contribution in [3.05, 3.63) is 146 Å². The molecule has 4 rings (SSSR count). The fourth-order valence-electron chi connectivity index (χ4n) is 3.09. The van der Waals surface area contributed by atoms with Gasteiger partial charge in [0.25, 0.3) is 0 Å². The number of benzene rings is 4. The Morgan fingerprint density at radius 3 is 1.20 bits per heavy atom. The van der Waals surface area contributed by atoms with E-state index in [1.54, 1.807) is 72.8 Å². The topological polar surface area (TPSA) is 111 Å². The number of hydrogen-bond acceptors (Lipinski definition) is 6. The summed E-state index contributed by atoms with van der Waals surface area (Å²) in [6.45, 7) is -1.32. The van der Waals surface area contributed by atoms with Crippen molar-refractivity contribution in [3.63, 3.8) is 0 Å². The van der Waals surface area contributed by atoms with Crippen LogP contribution in [0.3, 0.4) is 0 Å². The van der Waals surface area contributed by atoms with Crippen molar-refractivity contribution in [2.75, 3.05) is 23.8 Å². The molecule has 0 aliphatic carbocycles. The van der Waals surface area contributed by atoms with Crippen molar-refractivity contribution in [3.8, 4) is 0 Å². The standard InChI is InChI=1S/2C15H10F2NO3.2CH3.Ti/c2*16-10-6-7-12(13(17)8-10)14(19)9-21-15(20)18-11-4-2-1-3-5-11;;;/h2*1-7H,9H2,(H,18,20);2*1H3;/q4*-1;+4. The fraction of sp³-hybridized carbons (Fsp3) is 0.0625. The molecule has 0 atom stereocenters. The molecular weight excluding hydrogens is 632 g/mol. The molecule has 45 heavy (non-hydrogen) atoms. The summed E-state index contributed by atoms with van der Waals surface area (Å²) in [5.41, 5.74) is 0.223. The van der Waals surface area contributed by atoms with Gasteiger partial charge in [-0.3, -0.25) is 10.6 Å². The van der Waals surface area contributed by atoms with Gasteiger partial charge in [-0.2, -0.15) is 12.1 Å². The summed E-state index contributed by atoms with van der Waals surface area (Å²) in [7, 11) is 0. The molecule has 232 valence electrons. The first-order chi connectivity index (χ1) is 20.1. The molecule has 0 aliphatic rings. The average molecular weight is 658 g/mol. The normalized spacial score (nSPS) is 9.33. The van der Waals surface area contributed by atoms with Crippen LogP contribution >= 0.6 is 0 Å². The number of nitrogens with one attached hydrogen (secondary N) is 2. The average Bonchev–Trinajstić information content (AvgIpc) is 2.96. The third-order valence-electron chi connectivity index (χ3n) is 5.03. The third kappa shape index (κ3) is 13.6. The molecule has 0 saturated carbocycles. The molecule has 0 saturated heterocycles. The first-order valence-electron chi connectivity index (χ1n) is 11.9. The maximum Gasteiger partial charge on any atom is 4.00 e. The number of amides is 2. The molecule has 4 aromatic carbocycles. The third-order valence-corrected chi connectivity index (χ3v) is 5.03. The van der Waals surface area contributed by atoms with E-state index >= 15 is 0 Å². The van der Waals surface area contributed by atoms with Crippen LogP contribution in [0.5, 0.6) is 0 Å². The van der Waals surface area contributed by atoms with Gasteiger partial charge in [0.1, 0.15) is 24.8 Å². The molecular formula is C32H26F4N2O6Ti. The predicted molar refractivity (Wildman–Crippen MR) is 155 cm³/mol. The summed E-state index contributed by atoms with van der Waals surface area (Å²) in [5.74, 6) is -5.63. The Hall–Kier alpha value is -4.81. The number of ketones is 2. The van der Waals surface area contributed by atoms with Crippen LogP contribution in [0.2, 0.25) is 0 Å². The summed E-state index contributed by atoms with van der Waals surface area (Å²) in [6.07, 6.45) is -1.69. The van der Waals surface area contributed by atoms with Gasteiger partial charge >= 0.3 is 33.9 Å². The minimum atomic E-state index is -1.12. The zero-order chi connectivity index (χ0) is 30.5. The molecule has 2 amide bonds. The molecule has 0 aliphatic heterocycles. The number of carbonyl (C=O) groups is 4. The van der Waals surface area contributed by atoms with Crippen molar-refractivity contribution in [1.29, 1.82) is 0 Å². The largest absolute Gasteiger partial charge is 4.00 e. The zero-order valence-electron chi connectivity index (χ0n) is 24.0. The summed E-state index contributed by atoms with van der Waals surface area (Å²) in [5, 5.41) is 4.80. The quantitative estimate of drug-likeness (QED) is 0.0891. The summed E-state index contributed by atoms with van der Waals surface area (Å²) >= 11 is 0. The van der Waals surface area contributed by atoms with Crippen LogP contribution in [0.4, 0.5) is 38.5 Å². The molecule has 0 heterocycles. The number of Topliss-reactive ketones (excluding diaryl/α,β-unsaturated/α-hetero) is 2. The van der Waals surface area contributed by atoms with Crippen molar-refractivity contribution in [1.82, 2.24) is 0 Å². The summed E-state index contributed by atoms with van der Waals surface area (Å²) in [6, 6.07) is 24.2. The van der Waals surface area contributed by atoms with Gasteiger partial charge in [0.15, 0.2) is 0 Å². The van der Waals surface area contributed by atoms with Crippen LogP contribution in [-0.2, 0) is 31.2 Å².